The molecule has 0 saturated carbocycles. The van der Waals surface area contributed by atoms with Crippen molar-refractivity contribution in [2.45, 2.75) is 32.5 Å². The molecule has 0 fully saturated rings. The third-order valence-electron chi connectivity index (χ3n) is 3.59. The predicted molar refractivity (Wildman–Crippen MR) is 101 cm³/mol. The summed E-state index contributed by atoms with van der Waals surface area (Å²) in [4.78, 5) is 9.78. The van der Waals surface area contributed by atoms with Gasteiger partial charge in [-0.15, -0.1) is 11.3 Å². The lowest BCUT2D eigenvalue weighted by molar-refractivity contribution is -0.137. The van der Waals surface area contributed by atoms with Crippen LogP contribution in [0.3, 0.4) is 0 Å². The Balaban J connectivity index is 2.07. The van der Waals surface area contributed by atoms with Crippen molar-refractivity contribution in [1.29, 1.82) is 0 Å². The molecule has 3 aromatic rings. The van der Waals surface area contributed by atoms with Gasteiger partial charge >= 0.3 is 6.18 Å². The highest BCUT2D eigenvalue weighted by Crippen LogP contribution is 2.38. The zero-order valence-electron chi connectivity index (χ0n) is 14.8. The molecule has 2 heterocycles. The molecule has 1 aromatic carbocycles. The lowest BCUT2D eigenvalue weighted by atomic mass is 10.1. The standard InChI is InChI=1S/C18H19F3N4S/c1-17(2,3)25-15-14-12(23-16(22-4)24-15)9-13(26-14)10-5-7-11(8-6-10)18(19,20)21/h5-9H,1-4H3,(H2,22,23,24,25). The molecule has 0 radical (unpaired) electrons. The van der Waals surface area contributed by atoms with Crippen molar-refractivity contribution < 1.29 is 13.2 Å². The van der Waals surface area contributed by atoms with Gasteiger partial charge in [0.15, 0.2) is 0 Å². The van der Waals surface area contributed by atoms with Gasteiger partial charge in [0, 0.05) is 17.5 Å². The molecule has 0 atom stereocenters. The molecule has 3 rings (SSSR count). The van der Waals surface area contributed by atoms with Crippen LogP contribution in [-0.2, 0) is 6.18 Å². The average molecular weight is 380 g/mol. The van der Waals surface area contributed by atoms with Crippen LogP contribution in [0.2, 0.25) is 0 Å². The first-order valence-electron chi connectivity index (χ1n) is 8.02. The van der Waals surface area contributed by atoms with E-state index in [0.717, 1.165) is 27.2 Å². The summed E-state index contributed by atoms with van der Waals surface area (Å²) < 4.78 is 39.1. The number of anilines is 2. The molecule has 2 N–H and O–H groups in total. The second kappa shape index (κ2) is 6.42. The molecule has 0 unspecified atom stereocenters. The number of nitrogens with one attached hydrogen (secondary N) is 2. The summed E-state index contributed by atoms with van der Waals surface area (Å²) >= 11 is 1.45. The summed E-state index contributed by atoms with van der Waals surface area (Å²) in [6.07, 6.45) is -4.34. The Labute approximate surface area is 153 Å². The van der Waals surface area contributed by atoms with E-state index in [1.54, 1.807) is 7.05 Å². The first-order valence-corrected chi connectivity index (χ1v) is 8.83. The van der Waals surface area contributed by atoms with E-state index >= 15 is 0 Å². The van der Waals surface area contributed by atoms with E-state index in [1.807, 2.05) is 26.8 Å². The van der Waals surface area contributed by atoms with Crippen LogP contribution in [-0.4, -0.2) is 22.6 Å². The zero-order chi connectivity index (χ0) is 19.1. The number of aromatic nitrogens is 2. The molecule has 0 saturated heterocycles. The lowest BCUT2D eigenvalue weighted by Crippen LogP contribution is -2.26. The van der Waals surface area contributed by atoms with Gasteiger partial charge in [-0.2, -0.15) is 18.2 Å². The Morgan fingerprint density at radius 1 is 1.00 bits per heavy atom. The molecular weight excluding hydrogens is 361 g/mol. The van der Waals surface area contributed by atoms with Crippen LogP contribution in [0.5, 0.6) is 0 Å². The van der Waals surface area contributed by atoms with Gasteiger partial charge in [-0.05, 0) is 44.5 Å². The molecule has 0 amide bonds. The molecule has 4 nitrogen and oxygen atoms in total. The SMILES string of the molecule is CNc1nc(NC(C)(C)C)c2sc(-c3ccc(C(F)(F)F)cc3)cc2n1. The minimum Gasteiger partial charge on any atom is -0.364 e. The quantitative estimate of drug-likeness (QED) is 0.618. The second-order valence-corrected chi connectivity index (χ2v) is 7.97. The van der Waals surface area contributed by atoms with Crippen LogP contribution in [0.4, 0.5) is 24.9 Å². The largest absolute Gasteiger partial charge is 0.416 e. The molecule has 0 spiro atoms. The van der Waals surface area contributed by atoms with Gasteiger partial charge in [0.1, 0.15) is 5.82 Å². The summed E-state index contributed by atoms with van der Waals surface area (Å²) in [5.74, 6) is 1.19. The van der Waals surface area contributed by atoms with Gasteiger partial charge in [-0.25, -0.2) is 4.98 Å². The average Bonchev–Trinajstić information content (AvgIpc) is 2.97. The predicted octanol–water partition coefficient (Wildman–Crippen LogP) is 5.63. The van der Waals surface area contributed by atoms with Crippen LogP contribution in [0.1, 0.15) is 26.3 Å². The first-order chi connectivity index (χ1) is 12.1. The van der Waals surface area contributed by atoms with Crippen LogP contribution >= 0.6 is 11.3 Å². The highest BCUT2D eigenvalue weighted by atomic mass is 32.1. The first kappa shape index (κ1) is 18.4. The smallest absolute Gasteiger partial charge is 0.364 e. The zero-order valence-corrected chi connectivity index (χ0v) is 15.6. The summed E-state index contributed by atoms with van der Waals surface area (Å²) in [7, 11) is 1.74. The molecule has 26 heavy (non-hydrogen) atoms. The Hall–Kier alpha value is -2.35. The van der Waals surface area contributed by atoms with E-state index in [4.69, 9.17) is 0 Å². The topological polar surface area (TPSA) is 49.8 Å². The third-order valence-corrected chi connectivity index (χ3v) is 4.77. The number of alkyl halides is 3. The highest BCUT2D eigenvalue weighted by Gasteiger charge is 2.30. The van der Waals surface area contributed by atoms with Crippen molar-refractivity contribution in [3.8, 4) is 10.4 Å². The minimum absolute atomic E-state index is 0.190. The van der Waals surface area contributed by atoms with Gasteiger partial charge < -0.3 is 10.6 Å². The van der Waals surface area contributed by atoms with E-state index in [1.165, 1.54) is 23.5 Å². The lowest BCUT2D eigenvalue weighted by Gasteiger charge is -2.21. The summed E-state index contributed by atoms with van der Waals surface area (Å²) in [5.41, 5.74) is 0.615. The van der Waals surface area contributed by atoms with Gasteiger partial charge in [0.2, 0.25) is 5.95 Å². The Bertz CT molecular complexity index is 924. The number of halogens is 3. The van der Waals surface area contributed by atoms with Crippen molar-refractivity contribution in [3.05, 3.63) is 35.9 Å². The fraction of sp³-hybridized carbons (Fsp3) is 0.333. The number of rotatable bonds is 3. The molecule has 0 bridgehead atoms. The molecule has 0 aliphatic rings. The second-order valence-electron chi connectivity index (χ2n) is 6.92. The highest BCUT2D eigenvalue weighted by molar-refractivity contribution is 7.22. The normalized spacial score (nSPS) is 12.4. The number of thiophene rings is 1. The van der Waals surface area contributed by atoms with E-state index in [0.29, 0.717) is 17.3 Å². The Kier molecular flexibility index (Phi) is 4.56. The fourth-order valence-electron chi connectivity index (χ4n) is 2.45. The Morgan fingerprint density at radius 2 is 1.65 bits per heavy atom. The monoisotopic (exact) mass is 380 g/mol. The van der Waals surface area contributed by atoms with E-state index < -0.39 is 11.7 Å². The maximum atomic E-state index is 12.8. The number of benzene rings is 1. The Morgan fingerprint density at radius 3 is 2.19 bits per heavy atom. The number of nitrogens with zero attached hydrogens (tertiary/aromatic N) is 2. The van der Waals surface area contributed by atoms with Crippen molar-refractivity contribution in [2.75, 3.05) is 17.7 Å². The summed E-state index contributed by atoms with van der Waals surface area (Å²) in [6.45, 7) is 6.10. The van der Waals surface area contributed by atoms with E-state index in [-0.39, 0.29) is 5.54 Å². The number of fused-ring (bicyclic) bond motifs is 1. The molecule has 2 aromatic heterocycles. The van der Waals surface area contributed by atoms with Crippen LogP contribution in [0.15, 0.2) is 30.3 Å². The van der Waals surface area contributed by atoms with Crippen LogP contribution < -0.4 is 10.6 Å². The fourth-order valence-corrected chi connectivity index (χ4v) is 3.49. The summed E-state index contributed by atoms with van der Waals surface area (Å²) in [6, 6.07) is 7.03. The van der Waals surface area contributed by atoms with Crippen molar-refractivity contribution in [3.63, 3.8) is 0 Å². The van der Waals surface area contributed by atoms with Gasteiger partial charge in [0.25, 0.3) is 0 Å². The van der Waals surface area contributed by atoms with Gasteiger partial charge in [-0.3, -0.25) is 0 Å². The van der Waals surface area contributed by atoms with E-state index in [9.17, 15) is 13.2 Å². The number of hydrogen-bond donors (Lipinski definition) is 2. The van der Waals surface area contributed by atoms with Gasteiger partial charge in [-0.1, -0.05) is 12.1 Å². The maximum Gasteiger partial charge on any atom is 0.416 e. The molecular formula is C18H19F3N4S. The maximum absolute atomic E-state index is 12.8. The van der Waals surface area contributed by atoms with Crippen molar-refractivity contribution in [2.24, 2.45) is 0 Å². The van der Waals surface area contributed by atoms with Crippen molar-refractivity contribution >= 4 is 33.3 Å². The minimum atomic E-state index is -4.34. The molecule has 138 valence electrons. The number of hydrogen-bond acceptors (Lipinski definition) is 5. The molecule has 0 aliphatic heterocycles. The van der Waals surface area contributed by atoms with E-state index in [2.05, 4.69) is 20.6 Å². The van der Waals surface area contributed by atoms with Crippen LogP contribution in [0, 0.1) is 0 Å². The van der Waals surface area contributed by atoms with Gasteiger partial charge in [0.05, 0.1) is 15.8 Å². The van der Waals surface area contributed by atoms with Crippen LogP contribution in [0.25, 0.3) is 20.7 Å². The van der Waals surface area contributed by atoms with Crippen molar-refractivity contribution in [1.82, 2.24) is 9.97 Å². The molecule has 0 aliphatic carbocycles. The third kappa shape index (κ3) is 3.90. The molecule has 8 heteroatoms. The summed E-state index contributed by atoms with van der Waals surface area (Å²) in [5, 5.41) is 6.30.